The maximum atomic E-state index is 12.7. The van der Waals surface area contributed by atoms with Gasteiger partial charge < -0.3 is 14.6 Å². The highest BCUT2D eigenvalue weighted by Crippen LogP contribution is 2.28. The van der Waals surface area contributed by atoms with Crippen molar-refractivity contribution in [3.63, 3.8) is 0 Å². The number of carbonyl (C=O) groups is 2. The lowest BCUT2D eigenvalue weighted by Gasteiger charge is -2.32. The summed E-state index contributed by atoms with van der Waals surface area (Å²) in [5.41, 5.74) is -2.90. The molecule has 1 N–H and O–H groups in total. The van der Waals surface area contributed by atoms with Gasteiger partial charge in [-0.2, -0.15) is 18.4 Å². The van der Waals surface area contributed by atoms with E-state index in [1.165, 1.54) is 6.92 Å². The van der Waals surface area contributed by atoms with Crippen molar-refractivity contribution < 1.29 is 27.5 Å². The lowest BCUT2D eigenvalue weighted by atomic mass is 9.83. The van der Waals surface area contributed by atoms with Gasteiger partial charge in [0.25, 0.3) is 11.5 Å². The standard InChI is InChI=1S/C18H20F3N3O4/c1-12(16(27)23-17(11-22)7-3-2-4-8-17)28-15(26)10-24-9-13(18(19,20)21)5-6-14(24)25/h5-6,9,12H,2-4,7-8,10H2,1H3,(H,23,27). The van der Waals surface area contributed by atoms with Gasteiger partial charge >= 0.3 is 12.1 Å². The molecule has 1 heterocycles. The summed E-state index contributed by atoms with van der Waals surface area (Å²) in [5.74, 6) is -1.72. The summed E-state index contributed by atoms with van der Waals surface area (Å²) in [7, 11) is 0. The van der Waals surface area contributed by atoms with Gasteiger partial charge in [0.05, 0.1) is 11.6 Å². The van der Waals surface area contributed by atoms with E-state index in [9.17, 15) is 32.8 Å². The number of aromatic nitrogens is 1. The number of carbonyl (C=O) groups excluding carboxylic acids is 2. The Labute approximate surface area is 159 Å². The van der Waals surface area contributed by atoms with Crippen molar-refractivity contribution in [1.82, 2.24) is 9.88 Å². The first-order valence-electron chi connectivity index (χ1n) is 8.77. The Bertz CT molecular complexity index is 836. The van der Waals surface area contributed by atoms with E-state index in [0.717, 1.165) is 19.3 Å². The van der Waals surface area contributed by atoms with Crippen molar-refractivity contribution in [3.05, 3.63) is 34.2 Å². The summed E-state index contributed by atoms with van der Waals surface area (Å²) < 4.78 is 43.7. The van der Waals surface area contributed by atoms with E-state index in [2.05, 4.69) is 11.4 Å². The predicted octanol–water partition coefficient (Wildman–Crippen LogP) is 2.14. The van der Waals surface area contributed by atoms with E-state index in [1.807, 2.05) is 0 Å². The molecule has 10 heteroatoms. The molecule has 0 spiro atoms. The van der Waals surface area contributed by atoms with Gasteiger partial charge in [-0.15, -0.1) is 0 Å². The fraction of sp³-hybridized carbons (Fsp3) is 0.556. The summed E-state index contributed by atoms with van der Waals surface area (Å²) in [6.07, 6.45) is -1.87. The first kappa shape index (κ1) is 21.5. The van der Waals surface area contributed by atoms with Crippen LogP contribution < -0.4 is 10.9 Å². The molecule has 1 fully saturated rings. The van der Waals surface area contributed by atoms with Gasteiger partial charge in [0.15, 0.2) is 6.10 Å². The Kier molecular flexibility index (Phi) is 6.48. The lowest BCUT2D eigenvalue weighted by Crippen LogP contribution is -2.52. The second-order valence-electron chi connectivity index (χ2n) is 6.76. The van der Waals surface area contributed by atoms with Crippen LogP contribution in [0.15, 0.2) is 23.1 Å². The number of nitrogens with zero attached hydrogens (tertiary/aromatic N) is 2. The van der Waals surface area contributed by atoms with Gasteiger partial charge in [-0.25, -0.2) is 0 Å². The molecule has 1 aliphatic rings. The monoisotopic (exact) mass is 399 g/mol. The number of hydrogen-bond donors (Lipinski definition) is 1. The quantitative estimate of drug-likeness (QED) is 0.765. The first-order valence-corrected chi connectivity index (χ1v) is 8.77. The minimum absolute atomic E-state index is 0.496. The highest BCUT2D eigenvalue weighted by molar-refractivity contribution is 5.84. The summed E-state index contributed by atoms with van der Waals surface area (Å²) in [5, 5.41) is 12.0. The van der Waals surface area contributed by atoms with Gasteiger partial charge in [-0.1, -0.05) is 19.3 Å². The molecule has 1 saturated carbocycles. The minimum Gasteiger partial charge on any atom is -0.451 e. The van der Waals surface area contributed by atoms with Crippen molar-refractivity contribution in [2.45, 2.75) is 63.4 Å². The first-order chi connectivity index (χ1) is 13.1. The Hall–Kier alpha value is -2.83. The predicted molar refractivity (Wildman–Crippen MR) is 90.8 cm³/mol. The van der Waals surface area contributed by atoms with Crippen LogP contribution in [-0.2, 0) is 27.0 Å². The van der Waals surface area contributed by atoms with Crippen molar-refractivity contribution >= 4 is 11.9 Å². The fourth-order valence-electron chi connectivity index (χ4n) is 3.01. The van der Waals surface area contributed by atoms with E-state index in [4.69, 9.17) is 4.74 Å². The Morgan fingerprint density at radius 2 is 1.96 bits per heavy atom. The van der Waals surface area contributed by atoms with Crippen LogP contribution in [0, 0.1) is 11.3 Å². The molecule has 1 unspecified atom stereocenters. The largest absolute Gasteiger partial charge is 0.451 e. The molecule has 0 aromatic carbocycles. The smallest absolute Gasteiger partial charge is 0.417 e. The van der Waals surface area contributed by atoms with Crippen molar-refractivity contribution in [2.75, 3.05) is 0 Å². The lowest BCUT2D eigenvalue weighted by molar-refractivity contribution is -0.156. The number of ether oxygens (including phenoxy) is 1. The van der Waals surface area contributed by atoms with Crippen LogP contribution in [-0.4, -0.2) is 28.1 Å². The normalized spacial score (nSPS) is 17.2. The summed E-state index contributed by atoms with van der Waals surface area (Å²) in [4.78, 5) is 35.9. The van der Waals surface area contributed by atoms with Crippen LogP contribution in [0.25, 0.3) is 0 Å². The molecule has 1 atom stereocenters. The maximum Gasteiger partial charge on any atom is 0.417 e. The third-order valence-corrected chi connectivity index (χ3v) is 4.57. The SMILES string of the molecule is CC(OC(=O)Cn1cc(C(F)(F)F)ccc1=O)C(=O)NC1(C#N)CCCCC1. The van der Waals surface area contributed by atoms with Crippen LogP contribution in [0.4, 0.5) is 13.2 Å². The average molecular weight is 399 g/mol. The number of nitrogens with one attached hydrogen (secondary N) is 1. The topological polar surface area (TPSA) is 101 Å². The van der Waals surface area contributed by atoms with Gasteiger partial charge in [-0.05, 0) is 25.8 Å². The molecular formula is C18H20F3N3O4. The summed E-state index contributed by atoms with van der Waals surface area (Å²) >= 11 is 0. The molecule has 1 aliphatic carbocycles. The van der Waals surface area contributed by atoms with E-state index in [-0.39, 0.29) is 0 Å². The third-order valence-electron chi connectivity index (χ3n) is 4.57. The number of amides is 1. The number of hydrogen-bond acceptors (Lipinski definition) is 5. The van der Waals surface area contributed by atoms with Gasteiger partial charge in [0.1, 0.15) is 12.1 Å². The van der Waals surface area contributed by atoms with Gasteiger partial charge in [-0.3, -0.25) is 14.4 Å². The molecule has 1 amide bonds. The molecule has 1 aromatic heterocycles. The Morgan fingerprint density at radius 1 is 1.32 bits per heavy atom. The fourth-order valence-corrected chi connectivity index (χ4v) is 3.01. The third kappa shape index (κ3) is 5.34. The molecule has 0 radical (unpaired) electrons. The van der Waals surface area contributed by atoms with E-state index in [0.29, 0.717) is 35.7 Å². The number of nitriles is 1. The molecule has 152 valence electrons. The van der Waals surface area contributed by atoms with Gasteiger partial charge in [0.2, 0.25) is 0 Å². The zero-order chi connectivity index (χ0) is 20.9. The van der Waals surface area contributed by atoms with Crippen LogP contribution in [0.5, 0.6) is 0 Å². The molecule has 0 aliphatic heterocycles. The van der Waals surface area contributed by atoms with Crippen molar-refractivity contribution in [1.29, 1.82) is 5.26 Å². The highest BCUT2D eigenvalue weighted by Gasteiger charge is 2.35. The molecule has 0 saturated heterocycles. The molecule has 1 aromatic rings. The number of halogens is 3. The van der Waals surface area contributed by atoms with Crippen molar-refractivity contribution in [3.8, 4) is 6.07 Å². The number of rotatable bonds is 5. The average Bonchev–Trinajstić information content (AvgIpc) is 2.63. The second kappa shape index (κ2) is 8.46. The number of esters is 1. The van der Waals surface area contributed by atoms with Crippen molar-refractivity contribution in [2.24, 2.45) is 0 Å². The van der Waals surface area contributed by atoms with E-state index in [1.54, 1.807) is 0 Å². The van der Waals surface area contributed by atoms with Crippen LogP contribution in [0.3, 0.4) is 0 Å². The minimum atomic E-state index is -4.67. The van der Waals surface area contributed by atoms with Crippen LogP contribution >= 0.6 is 0 Å². The molecule has 2 rings (SSSR count). The van der Waals surface area contributed by atoms with Gasteiger partial charge in [0, 0.05) is 12.3 Å². The zero-order valence-electron chi connectivity index (χ0n) is 15.2. The van der Waals surface area contributed by atoms with E-state index >= 15 is 0 Å². The Balaban J connectivity index is 2.00. The number of alkyl halides is 3. The van der Waals surface area contributed by atoms with Crippen LogP contribution in [0.2, 0.25) is 0 Å². The van der Waals surface area contributed by atoms with Crippen LogP contribution in [0.1, 0.15) is 44.6 Å². The molecule has 28 heavy (non-hydrogen) atoms. The molecule has 0 bridgehead atoms. The summed E-state index contributed by atoms with van der Waals surface area (Å²) in [6.45, 7) is 0.514. The molecular weight excluding hydrogens is 379 g/mol. The Morgan fingerprint density at radius 3 is 2.54 bits per heavy atom. The zero-order valence-corrected chi connectivity index (χ0v) is 15.2. The number of pyridine rings is 1. The maximum absolute atomic E-state index is 12.7. The summed E-state index contributed by atoms with van der Waals surface area (Å²) in [6, 6.07) is 3.42. The molecule has 7 nitrogen and oxygen atoms in total. The second-order valence-corrected chi connectivity index (χ2v) is 6.76. The van der Waals surface area contributed by atoms with E-state index < -0.39 is 47.4 Å². The highest BCUT2D eigenvalue weighted by atomic mass is 19.4.